The van der Waals surface area contributed by atoms with Gasteiger partial charge in [-0.1, -0.05) is 20.8 Å². The Morgan fingerprint density at radius 1 is 0.661 bits per heavy atom. The number of rotatable bonds is 9. The summed E-state index contributed by atoms with van der Waals surface area (Å²) in [6, 6.07) is 21.3. The molecule has 1 saturated carbocycles. The lowest BCUT2D eigenvalue weighted by atomic mass is 9.57. The van der Waals surface area contributed by atoms with Crippen molar-refractivity contribution in [2.75, 3.05) is 21.3 Å². The zero-order chi connectivity index (χ0) is 40.2. The number of amides is 4. The highest BCUT2D eigenvalue weighted by Crippen LogP contribution is 2.55. The third-order valence-electron chi connectivity index (χ3n) is 11.9. The first-order valence-electron chi connectivity index (χ1n) is 19.1. The molecule has 3 aliphatic rings. The Morgan fingerprint density at radius 3 is 1.64 bits per heavy atom. The number of nitrogens with two attached hydrogens (primary N) is 2. The molecule has 7 rings (SSSR count). The van der Waals surface area contributed by atoms with Crippen LogP contribution in [0.15, 0.2) is 96.1 Å². The maximum absolute atomic E-state index is 14.4. The van der Waals surface area contributed by atoms with Crippen LogP contribution < -0.4 is 30.7 Å². The number of hydrogen-bond donors (Lipinski definition) is 2. The second-order valence-corrected chi connectivity index (χ2v) is 16.0. The molecule has 0 saturated heterocycles. The van der Waals surface area contributed by atoms with E-state index in [4.69, 9.17) is 20.9 Å². The van der Waals surface area contributed by atoms with E-state index in [1.807, 2.05) is 46.8 Å². The van der Waals surface area contributed by atoms with Gasteiger partial charge in [-0.25, -0.2) is 9.80 Å². The van der Waals surface area contributed by atoms with Crippen LogP contribution in [0.5, 0.6) is 23.0 Å². The van der Waals surface area contributed by atoms with Gasteiger partial charge in [-0.05, 0) is 160 Å². The standard InChI is InChI=1S/C46H48N4O6/c1-25(2)30-16-17-46(7,37-24-43(52)50(45(37)54)32-9-15-41(29(6)19-32)56-34-11-13-39(48)27(4)21-34)36(22-30)35-23-42(51)49(44(35)53)31-8-14-40(28(5)18-31)55-33-10-12-38(47)26(3)20-33/h8-15,18-21,23-25,30,36H,16-17,22,47-48H2,1-7H3. The first kappa shape index (κ1) is 38.1. The third-order valence-corrected chi connectivity index (χ3v) is 11.9. The largest absolute Gasteiger partial charge is 0.457 e. The first-order valence-corrected chi connectivity index (χ1v) is 19.1. The van der Waals surface area contributed by atoms with E-state index in [0.717, 1.165) is 28.7 Å². The molecule has 0 aromatic heterocycles. The van der Waals surface area contributed by atoms with Gasteiger partial charge in [0.15, 0.2) is 0 Å². The van der Waals surface area contributed by atoms with Crippen molar-refractivity contribution >= 4 is 46.4 Å². The van der Waals surface area contributed by atoms with E-state index in [9.17, 15) is 19.2 Å². The molecule has 2 aliphatic heterocycles. The summed E-state index contributed by atoms with van der Waals surface area (Å²) in [5, 5.41) is 0. The molecule has 0 radical (unpaired) electrons. The summed E-state index contributed by atoms with van der Waals surface area (Å²) >= 11 is 0. The topological polar surface area (TPSA) is 145 Å². The monoisotopic (exact) mass is 752 g/mol. The minimum atomic E-state index is -0.888. The molecule has 4 aromatic rings. The van der Waals surface area contributed by atoms with Crippen LogP contribution in [0, 0.1) is 50.9 Å². The molecule has 4 N–H and O–H groups in total. The Morgan fingerprint density at radius 2 is 1.16 bits per heavy atom. The van der Waals surface area contributed by atoms with Crippen LogP contribution in [0.2, 0.25) is 0 Å². The Labute approximate surface area is 327 Å². The number of aryl methyl sites for hydroxylation is 4. The fourth-order valence-electron chi connectivity index (χ4n) is 8.30. The Balaban J connectivity index is 1.14. The number of hydrogen-bond acceptors (Lipinski definition) is 8. The average molecular weight is 753 g/mol. The zero-order valence-electron chi connectivity index (χ0n) is 32.9. The summed E-state index contributed by atoms with van der Waals surface area (Å²) in [6.07, 6.45) is 4.82. The average Bonchev–Trinajstić information content (AvgIpc) is 3.62. The molecule has 2 heterocycles. The van der Waals surface area contributed by atoms with Crippen molar-refractivity contribution in [1.29, 1.82) is 0 Å². The zero-order valence-corrected chi connectivity index (χ0v) is 32.9. The van der Waals surface area contributed by atoms with Crippen LogP contribution >= 0.6 is 0 Å². The van der Waals surface area contributed by atoms with E-state index in [1.54, 1.807) is 60.7 Å². The van der Waals surface area contributed by atoms with Gasteiger partial charge < -0.3 is 20.9 Å². The van der Waals surface area contributed by atoms with Crippen LogP contribution in [0.25, 0.3) is 0 Å². The van der Waals surface area contributed by atoms with Crippen LogP contribution in [0.1, 0.15) is 62.3 Å². The minimum Gasteiger partial charge on any atom is -0.457 e. The van der Waals surface area contributed by atoms with E-state index < -0.39 is 35.0 Å². The summed E-state index contributed by atoms with van der Waals surface area (Å²) in [7, 11) is 0. The molecule has 10 heteroatoms. The van der Waals surface area contributed by atoms with Gasteiger partial charge in [0.05, 0.1) is 11.4 Å². The smallest absolute Gasteiger partial charge is 0.262 e. The molecule has 0 bridgehead atoms. The molecule has 3 unspecified atom stereocenters. The number of nitrogen functional groups attached to an aromatic ring is 2. The van der Waals surface area contributed by atoms with E-state index in [2.05, 4.69) is 13.8 Å². The SMILES string of the molecule is Cc1cc(Oc2ccc(N3C(=O)C=C(C4CC(C(C)C)CCC4(C)C4=CC(=O)N(c5ccc(Oc6ccc(N)c(C)c6)c(C)c5)C4=O)C3=O)cc2C)ccc1N. The van der Waals surface area contributed by atoms with Gasteiger partial charge in [0.1, 0.15) is 23.0 Å². The number of nitrogens with zero attached hydrogens (tertiary/aromatic N) is 2. The number of anilines is 4. The van der Waals surface area contributed by atoms with Crippen LogP contribution in [0.3, 0.4) is 0 Å². The highest BCUT2D eigenvalue weighted by atomic mass is 16.5. The lowest BCUT2D eigenvalue weighted by Gasteiger charge is -2.46. The van der Waals surface area contributed by atoms with Gasteiger partial charge in [0.25, 0.3) is 23.6 Å². The summed E-state index contributed by atoms with van der Waals surface area (Å²) in [5.41, 5.74) is 17.2. The van der Waals surface area contributed by atoms with Gasteiger partial charge >= 0.3 is 0 Å². The Kier molecular flexibility index (Phi) is 9.86. The van der Waals surface area contributed by atoms with E-state index in [0.29, 0.717) is 75.7 Å². The molecule has 1 aliphatic carbocycles. The van der Waals surface area contributed by atoms with Crippen LogP contribution in [-0.2, 0) is 19.2 Å². The lowest BCUT2D eigenvalue weighted by molar-refractivity contribution is -0.123. The predicted molar refractivity (Wildman–Crippen MR) is 219 cm³/mol. The second kappa shape index (κ2) is 14.5. The van der Waals surface area contributed by atoms with Crippen molar-refractivity contribution in [3.05, 3.63) is 118 Å². The molecule has 56 heavy (non-hydrogen) atoms. The normalized spacial score (nSPS) is 21.2. The Hall–Kier alpha value is -6.16. The summed E-state index contributed by atoms with van der Waals surface area (Å²) in [5.74, 6) is 0.763. The summed E-state index contributed by atoms with van der Waals surface area (Å²) in [6.45, 7) is 13.8. The molecule has 1 fully saturated rings. The minimum absolute atomic E-state index is 0.255. The molecule has 288 valence electrons. The van der Waals surface area contributed by atoms with Crippen molar-refractivity contribution < 1.29 is 28.7 Å². The lowest BCUT2D eigenvalue weighted by Crippen LogP contribution is -2.44. The van der Waals surface area contributed by atoms with Gasteiger partial charge in [-0.15, -0.1) is 0 Å². The first-order chi connectivity index (χ1) is 26.5. The maximum atomic E-state index is 14.4. The van der Waals surface area contributed by atoms with Crippen LogP contribution in [0.4, 0.5) is 22.7 Å². The van der Waals surface area contributed by atoms with E-state index in [-0.39, 0.29) is 5.92 Å². The molecule has 4 amide bonds. The summed E-state index contributed by atoms with van der Waals surface area (Å²) in [4.78, 5) is 58.7. The van der Waals surface area contributed by atoms with Gasteiger partial charge in [-0.2, -0.15) is 0 Å². The number of ether oxygens (including phenoxy) is 2. The van der Waals surface area contributed by atoms with Gasteiger partial charge in [-0.3, -0.25) is 19.2 Å². The highest BCUT2D eigenvalue weighted by molar-refractivity contribution is 6.32. The molecular weight excluding hydrogens is 705 g/mol. The second-order valence-electron chi connectivity index (χ2n) is 16.0. The molecular formula is C46H48N4O6. The summed E-state index contributed by atoms with van der Waals surface area (Å²) < 4.78 is 12.2. The van der Waals surface area contributed by atoms with Crippen molar-refractivity contribution in [3.63, 3.8) is 0 Å². The Bertz CT molecular complexity index is 2380. The molecule has 3 atom stereocenters. The predicted octanol–water partition coefficient (Wildman–Crippen LogP) is 9.05. The fraction of sp³-hybridized carbons (Fsp3) is 0.304. The van der Waals surface area contributed by atoms with Crippen molar-refractivity contribution in [3.8, 4) is 23.0 Å². The van der Waals surface area contributed by atoms with Gasteiger partial charge in [0.2, 0.25) is 0 Å². The fourth-order valence-corrected chi connectivity index (χ4v) is 8.30. The molecule has 4 aromatic carbocycles. The number of benzene rings is 4. The van der Waals surface area contributed by atoms with Gasteiger partial charge in [0, 0.05) is 40.1 Å². The van der Waals surface area contributed by atoms with Crippen LogP contribution in [-0.4, -0.2) is 23.6 Å². The van der Waals surface area contributed by atoms with Crippen molar-refractivity contribution in [2.24, 2.45) is 23.2 Å². The number of carbonyl (C=O) groups excluding carboxylic acids is 4. The highest BCUT2D eigenvalue weighted by Gasteiger charge is 2.53. The van der Waals surface area contributed by atoms with Crippen molar-refractivity contribution in [2.45, 2.75) is 67.7 Å². The number of imide groups is 2. The number of carbonyl (C=O) groups is 4. The maximum Gasteiger partial charge on any atom is 0.262 e. The van der Waals surface area contributed by atoms with Crippen molar-refractivity contribution in [1.82, 2.24) is 0 Å². The van der Waals surface area contributed by atoms with E-state index in [1.165, 1.54) is 22.0 Å². The molecule has 10 nitrogen and oxygen atoms in total. The molecule has 0 spiro atoms. The van der Waals surface area contributed by atoms with E-state index >= 15 is 0 Å². The third kappa shape index (κ3) is 6.84. The quantitative estimate of drug-likeness (QED) is 0.127.